The molecular formula is C13H26N2O3. The zero-order valence-corrected chi connectivity index (χ0v) is 11.8. The number of urea groups is 1. The lowest BCUT2D eigenvalue weighted by Gasteiger charge is -2.20. The van der Waals surface area contributed by atoms with Gasteiger partial charge in [0, 0.05) is 12.1 Å². The Balaban J connectivity index is 3.92. The molecule has 0 fully saturated rings. The number of nitrogens with one attached hydrogen (secondary N) is 2. The van der Waals surface area contributed by atoms with Crippen molar-refractivity contribution < 1.29 is 14.7 Å². The number of carboxylic acid groups (broad SMARTS) is 1. The van der Waals surface area contributed by atoms with Gasteiger partial charge in [0.15, 0.2) is 0 Å². The molecule has 0 saturated carbocycles. The highest BCUT2D eigenvalue weighted by Crippen LogP contribution is 2.04. The summed E-state index contributed by atoms with van der Waals surface area (Å²) in [6.45, 7) is 7.37. The highest BCUT2D eigenvalue weighted by atomic mass is 16.4. The first-order valence-electron chi connectivity index (χ1n) is 6.68. The highest BCUT2D eigenvalue weighted by molar-refractivity contribution is 5.76. The maximum atomic E-state index is 11.6. The fourth-order valence-corrected chi connectivity index (χ4v) is 1.58. The van der Waals surface area contributed by atoms with Crippen molar-refractivity contribution >= 4 is 12.0 Å². The van der Waals surface area contributed by atoms with Gasteiger partial charge in [-0.05, 0) is 27.2 Å². The van der Waals surface area contributed by atoms with Crippen LogP contribution in [0.4, 0.5) is 4.79 Å². The molecule has 0 bridgehead atoms. The molecule has 0 aromatic heterocycles. The van der Waals surface area contributed by atoms with E-state index in [0.717, 1.165) is 19.3 Å². The Labute approximate surface area is 109 Å². The van der Waals surface area contributed by atoms with Gasteiger partial charge in [-0.15, -0.1) is 0 Å². The molecule has 106 valence electrons. The van der Waals surface area contributed by atoms with E-state index in [9.17, 15) is 9.59 Å². The topological polar surface area (TPSA) is 78.4 Å². The van der Waals surface area contributed by atoms with Crippen LogP contribution in [0.1, 0.15) is 53.4 Å². The summed E-state index contributed by atoms with van der Waals surface area (Å²) >= 11 is 0. The summed E-state index contributed by atoms with van der Waals surface area (Å²) in [6.07, 6.45) is 4.37. The van der Waals surface area contributed by atoms with Crippen molar-refractivity contribution in [3.8, 4) is 0 Å². The molecule has 0 spiro atoms. The number of hydrogen-bond acceptors (Lipinski definition) is 2. The second-order valence-corrected chi connectivity index (χ2v) is 4.93. The summed E-state index contributed by atoms with van der Waals surface area (Å²) in [4.78, 5) is 22.4. The molecule has 0 aliphatic carbocycles. The van der Waals surface area contributed by atoms with Crippen LogP contribution in [0.2, 0.25) is 0 Å². The second kappa shape index (κ2) is 8.78. The standard InChI is InChI=1S/C13H26N2O3/c1-5-6-7-8-9(2)14-13(18)15-11(4)10(3)12(16)17/h9-11H,5-8H2,1-4H3,(H,16,17)(H2,14,15,18). The van der Waals surface area contributed by atoms with Crippen molar-refractivity contribution in [2.45, 2.75) is 65.5 Å². The van der Waals surface area contributed by atoms with E-state index in [0.29, 0.717) is 0 Å². The van der Waals surface area contributed by atoms with Gasteiger partial charge in [-0.25, -0.2) is 4.79 Å². The van der Waals surface area contributed by atoms with E-state index in [1.807, 2.05) is 6.92 Å². The Kier molecular flexibility index (Phi) is 8.16. The lowest BCUT2D eigenvalue weighted by atomic mass is 10.0. The summed E-state index contributed by atoms with van der Waals surface area (Å²) in [5, 5.41) is 14.3. The molecule has 18 heavy (non-hydrogen) atoms. The molecule has 3 unspecified atom stereocenters. The highest BCUT2D eigenvalue weighted by Gasteiger charge is 2.21. The number of amides is 2. The van der Waals surface area contributed by atoms with Crippen LogP contribution in [0.5, 0.6) is 0 Å². The van der Waals surface area contributed by atoms with Gasteiger partial charge in [0.2, 0.25) is 0 Å². The van der Waals surface area contributed by atoms with Crippen LogP contribution in [-0.4, -0.2) is 29.2 Å². The summed E-state index contributed by atoms with van der Waals surface area (Å²) in [5.41, 5.74) is 0. The Morgan fingerprint density at radius 2 is 1.72 bits per heavy atom. The van der Waals surface area contributed by atoms with Crippen molar-refractivity contribution in [3.63, 3.8) is 0 Å². The van der Waals surface area contributed by atoms with E-state index < -0.39 is 11.9 Å². The van der Waals surface area contributed by atoms with Gasteiger partial charge < -0.3 is 15.7 Å². The maximum absolute atomic E-state index is 11.6. The van der Waals surface area contributed by atoms with Crippen LogP contribution in [-0.2, 0) is 4.79 Å². The molecule has 2 amide bonds. The minimum absolute atomic E-state index is 0.115. The Morgan fingerprint density at radius 1 is 1.11 bits per heavy atom. The number of rotatable bonds is 8. The Hall–Kier alpha value is -1.26. The molecule has 0 aliphatic rings. The second-order valence-electron chi connectivity index (χ2n) is 4.93. The number of carboxylic acids is 1. The van der Waals surface area contributed by atoms with Gasteiger partial charge in [0.1, 0.15) is 0 Å². The average Bonchev–Trinajstić information content (AvgIpc) is 2.27. The third-order valence-electron chi connectivity index (χ3n) is 3.12. The first-order valence-corrected chi connectivity index (χ1v) is 6.68. The molecule has 5 nitrogen and oxygen atoms in total. The van der Waals surface area contributed by atoms with Crippen LogP contribution in [0.3, 0.4) is 0 Å². The normalized spacial score (nSPS) is 15.6. The van der Waals surface area contributed by atoms with Crippen molar-refractivity contribution in [2.75, 3.05) is 0 Å². The van der Waals surface area contributed by atoms with Crippen LogP contribution in [0.25, 0.3) is 0 Å². The SMILES string of the molecule is CCCCCC(C)NC(=O)NC(C)C(C)C(=O)O. The van der Waals surface area contributed by atoms with E-state index in [4.69, 9.17) is 5.11 Å². The third-order valence-corrected chi connectivity index (χ3v) is 3.12. The Bertz CT molecular complexity index is 269. The molecule has 3 N–H and O–H groups in total. The summed E-state index contributed by atoms with van der Waals surface area (Å²) < 4.78 is 0. The summed E-state index contributed by atoms with van der Waals surface area (Å²) in [5.74, 6) is -1.50. The molecule has 0 rings (SSSR count). The minimum atomic E-state index is -0.904. The van der Waals surface area contributed by atoms with Crippen LogP contribution >= 0.6 is 0 Å². The van der Waals surface area contributed by atoms with Crippen molar-refractivity contribution in [2.24, 2.45) is 5.92 Å². The van der Waals surface area contributed by atoms with Crippen LogP contribution in [0.15, 0.2) is 0 Å². The minimum Gasteiger partial charge on any atom is -0.481 e. The fourth-order valence-electron chi connectivity index (χ4n) is 1.58. The average molecular weight is 258 g/mol. The van der Waals surface area contributed by atoms with E-state index >= 15 is 0 Å². The van der Waals surface area contributed by atoms with E-state index in [2.05, 4.69) is 17.6 Å². The first kappa shape index (κ1) is 16.7. The van der Waals surface area contributed by atoms with Gasteiger partial charge >= 0.3 is 12.0 Å². The van der Waals surface area contributed by atoms with E-state index in [1.54, 1.807) is 13.8 Å². The molecule has 5 heteroatoms. The predicted molar refractivity (Wildman–Crippen MR) is 71.5 cm³/mol. The predicted octanol–water partition coefficient (Wildman–Crippen LogP) is 2.36. The van der Waals surface area contributed by atoms with Gasteiger partial charge in [-0.3, -0.25) is 4.79 Å². The van der Waals surface area contributed by atoms with Crippen LogP contribution < -0.4 is 10.6 Å². The van der Waals surface area contributed by atoms with Gasteiger partial charge in [0.05, 0.1) is 5.92 Å². The molecule has 0 heterocycles. The maximum Gasteiger partial charge on any atom is 0.315 e. The largest absolute Gasteiger partial charge is 0.481 e. The zero-order chi connectivity index (χ0) is 14.1. The Morgan fingerprint density at radius 3 is 2.22 bits per heavy atom. The van der Waals surface area contributed by atoms with Gasteiger partial charge in [-0.2, -0.15) is 0 Å². The lowest BCUT2D eigenvalue weighted by molar-refractivity contribution is -0.141. The molecular weight excluding hydrogens is 232 g/mol. The van der Waals surface area contributed by atoms with Gasteiger partial charge in [0.25, 0.3) is 0 Å². The third kappa shape index (κ3) is 7.14. The molecule has 0 aromatic carbocycles. The van der Waals surface area contributed by atoms with Crippen molar-refractivity contribution in [1.82, 2.24) is 10.6 Å². The number of carbonyl (C=O) groups is 2. The molecule has 0 aliphatic heterocycles. The first-order chi connectivity index (χ1) is 8.38. The lowest BCUT2D eigenvalue weighted by Crippen LogP contribution is -2.47. The van der Waals surface area contributed by atoms with E-state index in [-0.39, 0.29) is 18.1 Å². The zero-order valence-electron chi connectivity index (χ0n) is 11.8. The number of unbranched alkanes of at least 4 members (excludes halogenated alkanes) is 2. The summed E-state index contributed by atoms with van der Waals surface area (Å²) in [6, 6.07) is -0.561. The quantitative estimate of drug-likeness (QED) is 0.585. The fraction of sp³-hybridized carbons (Fsp3) is 0.846. The molecule has 0 saturated heterocycles. The van der Waals surface area contributed by atoms with E-state index in [1.165, 1.54) is 6.42 Å². The molecule has 0 aromatic rings. The van der Waals surface area contributed by atoms with Gasteiger partial charge in [-0.1, -0.05) is 26.2 Å². The number of aliphatic carboxylic acids is 1. The van der Waals surface area contributed by atoms with Crippen molar-refractivity contribution in [3.05, 3.63) is 0 Å². The number of carbonyl (C=O) groups excluding carboxylic acids is 1. The van der Waals surface area contributed by atoms with Crippen molar-refractivity contribution in [1.29, 1.82) is 0 Å². The monoisotopic (exact) mass is 258 g/mol. The van der Waals surface area contributed by atoms with Crippen LogP contribution in [0, 0.1) is 5.92 Å². The molecule has 3 atom stereocenters. The smallest absolute Gasteiger partial charge is 0.315 e. The number of hydrogen-bond donors (Lipinski definition) is 3. The molecule has 0 radical (unpaired) electrons. The summed E-state index contributed by atoms with van der Waals surface area (Å²) in [7, 11) is 0.